The van der Waals surface area contributed by atoms with Crippen LogP contribution in [0.25, 0.3) is 11.1 Å². The Morgan fingerprint density at radius 1 is 1.25 bits per heavy atom. The van der Waals surface area contributed by atoms with Gasteiger partial charge in [-0.1, -0.05) is 18.2 Å². The summed E-state index contributed by atoms with van der Waals surface area (Å²) in [7, 11) is 0. The van der Waals surface area contributed by atoms with Crippen LogP contribution in [0.15, 0.2) is 36.4 Å². The number of para-hydroxylation sites is 1. The van der Waals surface area contributed by atoms with Crippen molar-refractivity contribution in [1.29, 1.82) is 0 Å². The van der Waals surface area contributed by atoms with Gasteiger partial charge in [0.1, 0.15) is 11.5 Å². The molecule has 0 saturated carbocycles. The zero-order chi connectivity index (χ0) is 13.9. The molecule has 0 bridgehead atoms. The predicted molar refractivity (Wildman–Crippen MR) is 80.1 cm³/mol. The van der Waals surface area contributed by atoms with E-state index in [0.29, 0.717) is 13.2 Å². The highest BCUT2D eigenvalue weighted by molar-refractivity contribution is 5.73. The Kier molecular flexibility index (Phi) is 3.61. The first-order valence-corrected chi connectivity index (χ1v) is 7.04. The average molecular weight is 269 g/mol. The second-order valence-electron chi connectivity index (χ2n) is 4.86. The Hall–Kier alpha value is -2.00. The smallest absolute Gasteiger partial charge is 0.127 e. The minimum absolute atomic E-state index is 0.493. The molecule has 1 heterocycles. The lowest BCUT2D eigenvalue weighted by atomic mass is 9.97. The second-order valence-corrected chi connectivity index (χ2v) is 4.86. The molecule has 2 aromatic carbocycles. The quantitative estimate of drug-likeness (QED) is 0.927. The van der Waals surface area contributed by atoms with Crippen molar-refractivity contribution in [2.45, 2.75) is 19.9 Å². The van der Waals surface area contributed by atoms with E-state index in [1.807, 2.05) is 25.1 Å². The molecule has 0 amide bonds. The molecule has 104 valence electrons. The molecule has 0 saturated heterocycles. The van der Waals surface area contributed by atoms with Gasteiger partial charge >= 0.3 is 0 Å². The van der Waals surface area contributed by atoms with Gasteiger partial charge in [0.2, 0.25) is 0 Å². The number of hydrogen-bond acceptors (Lipinski definition) is 3. The van der Waals surface area contributed by atoms with E-state index in [4.69, 9.17) is 15.2 Å². The van der Waals surface area contributed by atoms with Crippen molar-refractivity contribution in [1.82, 2.24) is 0 Å². The standard InChI is InChI=1S/C17H19NO2/c1-2-19-16-6-4-3-5-15(16)13-9-12-7-8-20-17(12)14(10-13)11-18/h3-6,9-10H,2,7-8,11,18H2,1H3. The first-order chi connectivity index (χ1) is 9.83. The van der Waals surface area contributed by atoms with Crippen LogP contribution in [0.1, 0.15) is 18.1 Å². The van der Waals surface area contributed by atoms with E-state index in [0.717, 1.165) is 41.2 Å². The molecule has 0 radical (unpaired) electrons. The maximum Gasteiger partial charge on any atom is 0.127 e. The Bertz CT molecular complexity index is 622. The van der Waals surface area contributed by atoms with E-state index < -0.39 is 0 Å². The van der Waals surface area contributed by atoms with E-state index in [1.165, 1.54) is 5.56 Å². The fraction of sp³-hybridized carbons (Fsp3) is 0.294. The molecule has 0 unspecified atom stereocenters. The van der Waals surface area contributed by atoms with Crippen molar-refractivity contribution in [2.24, 2.45) is 5.73 Å². The van der Waals surface area contributed by atoms with Crippen molar-refractivity contribution in [2.75, 3.05) is 13.2 Å². The molecule has 20 heavy (non-hydrogen) atoms. The molecule has 2 N–H and O–H groups in total. The summed E-state index contributed by atoms with van der Waals surface area (Å²) < 4.78 is 11.4. The van der Waals surface area contributed by atoms with Crippen LogP contribution in [0, 0.1) is 0 Å². The van der Waals surface area contributed by atoms with Crippen LogP contribution in [0.3, 0.4) is 0 Å². The van der Waals surface area contributed by atoms with Gasteiger partial charge in [0, 0.05) is 24.1 Å². The summed E-state index contributed by atoms with van der Waals surface area (Å²) in [5.74, 6) is 1.89. The van der Waals surface area contributed by atoms with Crippen molar-refractivity contribution in [3.8, 4) is 22.6 Å². The normalized spacial score (nSPS) is 12.9. The summed E-state index contributed by atoms with van der Waals surface area (Å²) in [4.78, 5) is 0. The van der Waals surface area contributed by atoms with Crippen molar-refractivity contribution in [3.05, 3.63) is 47.5 Å². The minimum atomic E-state index is 0.493. The number of nitrogens with two attached hydrogens (primary N) is 1. The summed E-state index contributed by atoms with van der Waals surface area (Å²) in [5, 5.41) is 0. The summed E-state index contributed by atoms with van der Waals surface area (Å²) in [6.45, 7) is 3.90. The van der Waals surface area contributed by atoms with Gasteiger partial charge in [-0.05, 0) is 36.2 Å². The lowest BCUT2D eigenvalue weighted by Crippen LogP contribution is -2.00. The predicted octanol–water partition coefficient (Wildman–Crippen LogP) is 3.15. The lowest BCUT2D eigenvalue weighted by molar-refractivity contribution is 0.341. The molecule has 0 spiro atoms. The van der Waals surface area contributed by atoms with Gasteiger partial charge < -0.3 is 15.2 Å². The Morgan fingerprint density at radius 2 is 2.10 bits per heavy atom. The number of fused-ring (bicyclic) bond motifs is 1. The molecule has 0 atom stereocenters. The molecular weight excluding hydrogens is 250 g/mol. The molecule has 0 aromatic heterocycles. The van der Waals surface area contributed by atoms with Crippen LogP contribution < -0.4 is 15.2 Å². The van der Waals surface area contributed by atoms with Gasteiger partial charge in [-0.25, -0.2) is 0 Å². The third-order valence-electron chi connectivity index (χ3n) is 3.58. The number of benzene rings is 2. The fourth-order valence-corrected chi connectivity index (χ4v) is 2.68. The van der Waals surface area contributed by atoms with Crippen molar-refractivity contribution in [3.63, 3.8) is 0 Å². The number of hydrogen-bond donors (Lipinski definition) is 1. The molecule has 1 aliphatic rings. The fourth-order valence-electron chi connectivity index (χ4n) is 2.68. The first kappa shape index (κ1) is 13.0. The molecule has 3 nitrogen and oxygen atoms in total. The molecule has 0 fully saturated rings. The Morgan fingerprint density at radius 3 is 2.90 bits per heavy atom. The van der Waals surface area contributed by atoms with E-state index in [-0.39, 0.29) is 0 Å². The topological polar surface area (TPSA) is 44.5 Å². The van der Waals surface area contributed by atoms with E-state index in [2.05, 4.69) is 18.2 Å². The van der Waals surface area contributed by atoms with Crippen molar-refractivity contribution >= 4 is 0 Å². The van der Waals surface area contributed by atoms with Gasteiger partial charge in [0.25, 0.3) is 0 Å². The third-order valence-corrected chi connectivity index (χ3v) is 3.58. The van der Waals surface area contributed by atoms with Crippen LogP contribution >= 0.6 is 0 Å². The summed E-state index contributed by atoms with van der Waals surface area (Å²) in [5.41, 5.74) is 10.4. The monoisotopic (exact) mass is 269 g/mol. The highest BCUT2D eigenvalue weighted by Crippen LogP contribution is 2.37. The SMILES string of the molecule is CCOc1ccccc1-c1cc(CN)c2c(c1)CCO2. The van der Waals surface area contributed by atoms with Gasteiger partial charge in [-0.15, -0.1) is 0 Å². The maximum atomic E-state index is 5.86. The van der Waals surface area contributed by atoms with Crippen molar-refractivity contribution < 1.29 is 9.47 Å². The third kappa shape index (κ3) is 2.25. The Labute approximate surface area is 119 Å². The molecule has 2 aromatic rings. The molecular formula is C17H19NO2. The molecule has 1 aliphatic heterocycles. The van der Waals surface area contributed by atoms with Crippen LogP contribution in [0.2, 0.25) is 0 Å². The van der Waals surface area contributed by atoms with Gasteiger partial charge in [-0.3, -0.25) is 0 Å². The molecule has 3 rings (SSSR count). The van der Waals surface area contributed by atoms with Crippen LogP contribution in [0.5, 0.6) is 11.5 Å². The number of rotatable bonds is 4. The average Bonchev–Trinajstić information content (AvgIpc) is 2.95. The van der Waals surface area contributed by atoms with Gasteiger partial charge in [0.15, 0.2) is 0 Å². The summed E-state index contributed by atoms with van der Waals surface area (Å²) >= 11 is 0. The van der Waals surface area contributed by atoms with E-state index >= 15 is 0 Å². The highest BCUT2D eigenvalue weighted by Gasteiger charge is 2.18. The largest absolute Gasteiger partial charge is 0.493 e. The highest BCUT2D eigenvalue weighted by atomic mass is 16.5. The maximum absolute atomic E-state index is 5.86. The Balaban J connectivity index is 2.11. The second kappa shape index (κ2) is 5.55. The van der Waals surface area contributed by atoms with Crippen LogP contribution in [-0.4, -0.2) is 13.2 Å². The van der Waals surface area contributed by atoms with Crippen LogP contribution in [-0.2, 0) is 13.0 Å². The zero-order valence-electron chi connectivity index (χ0n) is 11.7. The summed E-state index contributed by atoms with van der Waals surface area (Å²) in [6.07, 6.45) is 0.951. The molecule has 0 aliphatic carbocycles. The number of ether oxygens (including phenoxy) is 2. The minimum Gasteiger partial charge on any atom is -0.493 e. The van der Waals surface area contributed by atoms with E-state index in [9.17, 15) is 0 Å². The van der Waals surface area contributed by atoms with Gasteiger partial charge in [0.05, 0.1) is 13.2 Å². The first-order valence-electron chi connectivity index (χ1n) is 7.04. The van der Waals surface area contributed by atoms with Gasteiger partial charge in [-0.2, -0.15) is 0 Å². The zero-order valence-corrected chi connectivity index (χ0v) is 11.7. The molecule has 3 heteroatoms. The lowest BCUT2D eigenvalue weighted by Gasteiger charge is -2.13. The summed E-state index contributed by atoms with van der Waals surface area (Å²) in [6, 6.07) is 12.4. The van der Waals surface area contributed by atoms with E-state index in [1.54, 1.807) is 0 Å². The van der Waals surface area contributed by atoms with Crippen LogP contribution in [0.4, 0.5) is 0 Å².